The molecule has 0 aliphatic heterocycles. The van der Waals surface area contributed by atoms with E-state index in [-0.39, 0.29) is 10.1 Å². The average molecular weight is 628 g/mol. The number of methoxy groups -OCH3 is 1. The molecule has 2 aliphatic carbocycles. The van der Waals surface area contributed by atoms with E-state index in [1.165, 1.54) is 18.4 Å². The van der Waals surface area contributed by atoms with E-state index < -0.39 is 16.6 Å². The van der Waals surface area contributed by atoms with Crippen molar-refractivity contribution in [2.75, 3.05) is 7.11 Å². The molecule has 2 aliphatic rings. The van der Waals surface area contributed by atoms with Gasteiger partial charge in [0.05, 0.1) is 17.8 Å². The van der Waals surface area contributed by atoms with E-state index >= 15 is 0 Å². The molecule has 4 nitrogen and oxygen atoms in total. The van der Waals surface area contributed by atoms with Crippen molar-refractivity contribution in [3.8, 4) is 11.6 Å². The first-order valence-corrected chi connectivity index (χ1v) is 22.0. The molecule has 2 fully saturated rings. The third-order valence-electron chi connectivity index (χ3n) is 10.2. The lowest BCUT2D eigenvalue weighted by Crippen LogP contribution is -2.44. The van der Waals surface area contributed by atoms with Gasteiger partial charge in [-0.1, -0.05) is 71.4 Å². The summed E-state index contributed by atoms with van der Waals surface area (Å²) in [5, 5.41) is 0.974. The number of hydrogen-bond acceptors (Lipinski definition) is 4. The van der Waals surface area contributed by atoms with Crippen LogP contribution in [-0.4, -0.2) is 34.8 Å². The van der Waals surface area contributed by atoms with E-state index in [1.54, 1.807) is 7.11 Å². The highest BCUT2D eigenvalue weighted by molar-refractivity contribution is 6.75. The molecule has 0 N–H and O–H groups in total. The summed E-state index contributed by atoms with van der Waals surface area (Å²) in [4.78, 5) is 5.05. The predicted octanol–water partition coefficient (Wildman–Crippen LogP) is 11.0. The third-order valence-corrected chi connectivity index (χ3v) is 19.4. The Kier molecular flexibility index (Phi) is 9.84. The Morgan fingerprint density at radius 2 is 1.48 bits per heavy atom. The minimum absolute atomic E-state index is 0.0942. The van der Waals surface area contributed by atoms with Gasteiger partial charge in [0.25, 0.3) is 8.32 Å². The van der Waals surface area contributed by atoms with E-state index in [2.05, 4.69) is 98.1 Å². The largest absolute Gasteiger partial charge is 0.543 e. The summed E-state index contributed by atoms with van der Waals surface area (Å²) in [5.74, 6) is 2.55. The van der Waals surface area contributed by atoms with Gasteiger partial charge in [-0.2, -0.15) is 0 Å². The Hall–Kier alpha value is -1.61. The third kappa shape index (κ3) is 7.72. The fraction of sp³-hybridized carbons (Fsp3) is 0.629. The maximum absolute atomic E-state index is 6.92. The van der Waals surface area contributed by atoms with Gasteiger partial charge in [0.15, 0.2) is 8.32 Å². The summed E-state index contributed by atoms with van der Waals surface area (Å²) in [6.45, 7) is 23.0. The molecule has 232 valence electrons. The van der Waals surface area contributed by atoms with Gasteiger partial charge in [-0.25, -0.2) is 4.98 Å². The van der Waals surface area contributed by atoms with Crippen LogP contribution in [0.5, 0.6) is 11.6 Å². The zero-order valence-electron chi connectivity index (χ0n) is 28.0. The topological polar surface area (TPSA) is 40.6 Å². The molecular formula is C35H54ClNO3Si2. The number of hydrogen-bond donors (Lipinski definition) is 0. The monoisotopic (exact) mass is 627 g/mol. The summed E-state index contributed by atoms with van der Waals surface area (Å²) in [6, 6.07) is 10.6. The molecule has 0 saturated heterocycles. The molecule has 0 amide bonds. The SMILES string of the molecule is COc1nc(/C(=C\C2CCC(O[Si](C)(C)C(C)(C)C)CC2)c2ccc(O[Si](C)(C)C(C)(C)C)c(Cl)c2)ccc1C1CC1. The van der Waals surface area contributed by atoms with E-state index in [1.807, 2.05) is 6.07 Å². The first-order valence-electron chi connectivity index (χ1n) is 15.9. The molecule has 42 heavy (non-hydrogen) atoms. The quantitative estimate of drug-likeness (QED) is 0.259. The standard InChI is InChI=1S/C35H54ClNO3Si2/c1-34(2,3)41(8,9)39-27-17-12-24(13-18-27)22-29(31-20-19-28(25-14-15-25)33(37-31)38-7)26-16-21-32(30(36)23-26)40-42(10,11)35(4,5)6/h16,19-25,27H,12-15,17-18H2,1-11H3/b29-22-. The summed E-state index contributed by atoms with van der Waals surface area (Å²) < 4.78 is 19.2. The maximum Gasteiger partial charge on any atom is 0.250 e. The van der Waals surface area contributed by atoms with Crippen LogP contribution in [0.3, 0.4) is 0 Å². The van der Waals surface area contributed by atoms with Gasteiger partial charge < -0.3 is 13.6 Å². The van der Waals surface area contributed by atoms with Crippen LogP contribution in [0, 0.1) is 5.92 Å². The van der Waals surface area contributed by atoms with Crippen LogP contribution in [0.25, 0.3) is 5.57 Å². The van der Waals surface area contributed by atoms with Crippen LogP contribution in [0.15, 0.2) is 36.4 Å². The fourth-order valence-corrected chi connectivity index (χ4v) is 7.92. The number of benzene rings is 1. The van der Waals surface area contributed by atoms with Gasteiger partial charge in [-0.3, -0.25) is 0 Å². The lowest BCUT2D eigenvalue weighted by molar-refractivity contribution is 0.125. The summed E-state index contributed by atoms with van der Waals surface area (Å²) in [6.07, 6.45) is 9.63. The number of pyridine rings is 1. The molecule has 1 aromatic heterocycles. The molecule has 4 rings (SSSR count). The summed E-state index contributed by atoms with van der Waals surface area (Å²) in [7, 11) is -2.06. The fourth-order valence-electron chi connectivity index (χ4n) is 5.18. The van der Waals surface area contributed by atoms with Crippen LogP contribution in [-0.2, 0) is 4.43 Å². The van der Waals surface area contributed by atoms with Gasteiger partial charge in [0, 0.05) is 17.2 Å². The Labute approximate surface area is 262 Å². The first kappa shape index (κ1) is 33.3. The van der Waals surface area contributed by atoms with Gasteiger partial charge in [0.1, 0.15) is 5.75 Å². The van der Waals surface area contributed by atoms with Crippen molar-refractivity contribution in [3.63, 3.8) is 0 Å². The Morgan fingerprint density at radius 3 is 2.00 bits per heavy atom. The second-order valence-corrected chi connectivity index (χ2v) is 25.5. The zero-order chi connectivity index (χ0) is 31.1. The summed E-state index contributed by atoms with van der Waals surface area (Å²) >= 11 is 6.92. The van der Waals surface area contributed by atoms with Gasteiger partial charge >= 0.3 is 0 Å². The van der Waals surface area contributed by atoms with Crippen LogP contribution >= 0.6 is 11.6 Å². The number of aromatic nitrogens is 1. The van der Waals surface area contributed by atoms with Gasteiger partial charge in [-0.05, 0) is 110 Å². The Bertz CT molecular complexity index is 1280. The van der Waals surface area contributed by atoms with Crippen LogP contribution < -0.4 is 9.16 Å². The molecule has 2 aromatic rings. The normalized spacial score (nSPS) is 20.9. The molecule has 0 bridgehead atoms. The van der Waals surface area contributed by atoms with Crippen LogP contribution in [0.4, 0.5) is 0 Å². The van der Waals surface area contributed by atoms with Gasteiger partial charge in [-0.15, -0.1) is 0 Å². The Morgan fingerprint density at radius 1 is 0.857 bits per heavy atom. The smallest absolute Gasteiger partial charge is 0.250 e. The number of nitrogens with zero attached hydrogens (tertiary/aromatic N) is 1. The number of rotatable bonds is 9. The highest BCUT2D eigenvalue weighted by Gasteiger charge is 2.40. The molecular weight excluding hydrogens is 574 g/mol. The highest BCUT2D eigenvalue weighted by atomic mass is 35.5. The van der Waals surface area contributed by atoms with Gasteiger partial charge in [0.2, 0.25) is 5.88 Å². The lowest BCUT2D eigenvalue weighted by Gasteiger charge is -2.41. The molecule has 1 aromatic carbocycles. The van der Waals surface area contributed by atoms with E-state index in [4.69, 9.17) is 30.2 Å². The number of ether oxygens (including phenoxy) is 1. The second kappa shape index (κ2) is 12.4. The van der Waals surface area contributed by atoms with E-state index in [0.717, 1.165) is 54.1 Å². The van der Waals surface area contributed by atoms with Crippen molar-refractivity contribution in [1.82, 2.24) is 4.98 Å². The second-order valence-electron chi connectivity index (χ2n) is 15.6. The number of allylic oxidation sites excluding steroid dienone is 1. The minimum Gasteiger partial charge on any atom is -0.543 e. The van der Waals surface area contributed by atoms with Crippen molar-refractivity contribution >= 4 is 33.8 Å². The predicted molar refractivity (Wildman–Crippen MR) is 183 cm³/mol. The molecule has 0 atom stereocenters. The minimum atomic E-state index is -2.02. The molecule has 1 heterocycles. The van der Waals surface area contributed by atoms with E-state index in [9.17, 15) is 0 Å². The van der Waals surface area contributed by atoms with Crippen molar-refractivity contribution in [2.45, 2.75) is 128 Å². The van der Waals surface area contributed by atoms with E-state index in [0.29, 0.717) is 23.0 Å². The average Bonchev–Trinajstić information content (AvgIpc) is 3.73. The van der Waals surface area contributed by atoms with Crippen LogP contribution in [0.2, 0.25) is 41.3 Å². The zero-order valence-corrected chi connectivity index (χ0v) is 30.7. The van der Waals surface area contributed by atoms with Crippen molar-refractivity contribution in [1.29, 1.82) is 0 Å². The molecule has 0 radical (unpaired) electrons. The maximum atomic E-state index is 6.92. The van der Waals surface area contributed by atoms with Crippen molar-refractivity contribution < 1.29 is 13.6 Å². The lowest BCUT2D eigenvalue weighted by atomic mass is 9.84. The first-order chi connectivity index (χ1) is 19.4. The van der Waals surface area contributed by atoms with Crippen LogP contribution in [0.1, 0.15) is 103 Å². The highest BCUT2D eigenvalue weighted by Crippen LogP contribution is 2.45. The Balaban J connectivity index is 1.64. The number of halogens is 1. The van der Waals surface area contributed by atoms with Crippen molar-refractivity contribution in [2.24, 2.45) is 5.92 Å². The summed E-state index contributed by atoms with van der Waals surface area (Å²) in [5.41, 5.74) is 4.34. The molecule has 0 spiro atoms. The molecule has 0 unspecified atom stereocenters. The molecule has 2 saturated carbocycles. The van der Waals surface area contributed by atoms with Crippen molar-refractivity contribution in [3.05, 3.63) is 58.3 Å². The molecule has 7 heteroatoms.